The Hall–Kier alpha value is -6.72. The molecule has 2 aliphatic heterocycles. The molecule has 18 heteroatoms. The number of ether oxygens (including phenoxy) is 4. The number of nitrogens with one attached hydrogen (secondary N) is 2. The van der Waals surface area contributed by atoms with Crippen molar-refractivity contribution in [3.63, 3.8) is 0 Å². The number of likely N-dealkylation sites (tertiary alicyclic amines) is 2. The minimum atomic E-state index is -0.847. The zero-order valence-corrected chi connectivity index (χ0v) is 41.2. The first-order chi connectivity index (χ1) is 32.0. The summed E-state index contributed by atoms with van der Waals surface area (Å²) in [6.45, 7) is 18.9. The Morgan fingerprint density at radius 3 is 1.18 bits per heavy atom. The van der Waals surface area contributed by atoms with Gasteiger partial charge in [0.15, 0.2) is 0 Å². The van der Waals surface area contributed by atoms with Crippen molar-refractivity contribution < 1.29 is 47.7 Å². The van der Waals surface area contributed by atoms with E-state index in [1.165, 1.54) is 23.4 Å². The van der Waals surface area contributed by atoms with E-state index in [0.717, 1.165) is 11.1 Å². The van der Waals surface area contributed by atoms with E-state index in [9.17, 15) is 28.8 Å². The van der Waals surface area contributed by atoms with Crippen molar-refractivity contribution >= 4 is 36.2 Å². The lowest BCUT2D eigenvalue weighted by Crippen LogP contribution is -2.51. The molecule has 0 saturated carbocycles. The summed E-state index contributed by atoms with van der Waals surface area (Å²) in [5.41, 5.74) is 2.43. The molecule has 0 unspecified atom stereocenters. The van der Waals surface area contributed by atoms with Gasteiger partial charge in [-0.15, -0.1) is 0 Å². The Morgan fingerprint density at radius 1 is 0.559 bits per heavy atom. The second-order valence-corrected chi connectivity index (χ2v) is 19.9. The maximum Gasteiger partial charge on any atom is 0.420 e. The largest absolute Gasteiger partial charge is 0.453 e. The first-order valence-electron chi connectivity index (χ1n) is 23.2. The van der Waals surface area contributed by atoms with Crippen LogP contribution >= 0.6 is 0 Å². The minimum absolute atomic E-state index is 0.234. The second kappa shape index (κ2) is 20.7. The van der Waals surface area contributed by atoms with Crippen LogP contribution in [0.2, 0.25) is 0 Å². The molecular formula is C50H66N8O10. The van der Waals surface area contributed by atoms with E-state index in [4.69, 9.17) is 28.9 Å². The highest BCUT2D eigenvalue weighted by Crippen LogP contribution is 2.38. The quantitative estimate of drug-likeness (QED) is 0.136. The monoisotopic (exact) mass is 938 g/mol. The molecule has 4 atom stereocenters. The summed E-state index contributed by atoms with van der Waals surface area (Å²) in [5.74, 6) is -0.342. The molecule has 0 radical (unpaired) electrons. The standard InChI is InChI=1S/C50H66N8O10/c1-29(2)39(53-45(61)65-11)43(59)55-25-13-15-35(55)41-51-27-37(57(41)47(63)67-49(5,6)7)33-21-17-31(18-22-33)32-19-23-34(24-20-32)38-28-52-42(58(38)48(64)68-50(8,9)10)36-16-14-26-56(36)44(60)40(30(3)4)54-46(62)66-12/h17-24,27-30,35-36,39-40H,13-16,25-26H2,1-12H3,(H,53,61)(H,54,62)/t35-,36-,39-,40-/m0/s1. The Morgan fingerprint density at radius 2 is 0.882 bits per heavy atom. The molecule has 4 heterocycles. The SMILES string of the molecule is COC(=O)N[C@H](C(=O)N1CCC[C@H]1c1ncc(-c2ccc(-c3ccc(-c4cnc([C@@H]5CCCN5C(=O)[C@@H](NC(=O)OC)C(C)C)n4C(=O)OC(C)(C)C)cc3)cc2)n1C(=O)OC(C)(C)C)C(C)C. The number of methoxy groups -OCH3 is 2. The van der Waals surface area contributed by atoms with Crippen LogP contribution in [0, 0.1) is 11.8 Å². The molecule has 68 heavy (non-hydrogen) atoms. The van der Waals surface area contributed by atoms with Crippen LogP contribution in [0.1, 0.15) is 119 Å². The number of benzene rings is 2. The molecule has 2 aromatic heterocycles. The summed E-state index contributed by atoms with van der Waals surface area (Å²) >= 11 is 0. The maximum absolute atomic E-state index is 14.0. The van der Waals surface area contributed by atoms with Gasteiger partial charge in [0, 0.05) is 24.2 Å². The molecule has 0 bridgehead atoms. The van der Waals surface area contributed by atoms with E-state index in [2.05, 4.69) is 10.6 Å². The van der Waals surface area contributed by atoms with Gasteiger partial charge in [-0.25, -0.2) is 38.3 Å². The van der Waals surface area contributed by atoms with Crippen LogP contribution in [0.25, 0.3) is 33.6 Å². The number of hydrogen-bond acceptors (Lipinski definition) is 12. The van der Waals surface area contributed by atoms with Gasteiger partial charge in [0.1, 0.15) is 34.9 Å². The molecule has 4 amide bonds. The minimum Gasteiger partial charge on any atom is -0.453 e. The van der Waals surface area contributed by atoms with Crippen LogP contribution in [-0.2, 0) is 28.5 Å². The third-order valence-corrected chi connectivity index (χ3v) is 11.9. The third-order valence-electron chi connectivity index (χ3n) is 11.9. The topological polar surface area (TPSA) is 206 Å². The van der Waals surface area contributed by atoms with Crippen LogP contribution < -0.4 is 10.6 Å². The Kier molecular flexibility index (Phi) is 15.4. The van der Waals surface area contributed by atoms with Crippen molar-refractivity contribution in [2.24, 2.45) is 11.8 Å². The Bertz CT molecular complexity index is 2310. The summed E-state index contributed by atoms with van der Waals surface area (Å²) < 4.78 is 24.3. The van der Waals surface area contributed by atoms with Gasteiger partial charge in [-0.05, 0) is 90.2 Å². The lowest BCUT2D eigenvalue weighted by atomic mass is 10.0. The van der Waals surface area contributed by atoms with Crippen LogP contribution in [0.15, 0.2) is 60.9 Å². The molecule has 0 aliphatic carbocycles. The first-order valence-corrected chi connectivity index (χ1v) is 23.2. The highest BCUT2D eigenvalue weighted by Gasteiger charge is 2.42. The second-order valence-electron chi connectivity index (χ2n) is 19.9. The molecule has 2 fully saturated rings. The molecule has 366 valence electrons. The smallest absolute Gasteiger partial charge is 0.420 e. The first kappa shape index (κ1) is 50.7. The van der Waals surface area contributed by atoms with Crippen molar-refractivity contribution in [3.05, 3.63) is 72.6 Å². The van der Waals surface area contributed by atoms with Gasteiger partial charge in [0.25, 0.3) is 0 Å². The van der Waals surface area contributed by atoms with E-state index < -0.39 is 59.7 Å². The van der Waals surface area contributed by atoms with Crippen LogP contribution in [-0.4, -0.2) is 116 Å². The molecule has 2 aliphatic rings. The van der Waals surface area contributed by atoms with Crippen LogP contribution in [0.3, 0.4) is 0 Å². The highest BCUT2D eigenvalue weighted by atomic mass is 16.6. The van der Waals surface area contributed by atoms with E-state index in [1.807, 2.05) is 76.2 Å². The number of carbonyl (C=O) groups excluding carboxylic acids is 6. The predicted molar refractivity (Wildman–Crippen MR) is 253 cm³/mol. The summed E-state index contributed by atoms with van der Waals surface area (Å²) in [5, 5.41) is 5.34. The number of alkyl carbamates (subject to hydrolysis) is 2. The zero-order chi connectivity index (χ0) is 49.8. The third kappa shape index (κ3) is 11.3. The van der Waals surface area contributed by atoms with Crippen molar-refractivity contribution in [3.8, 4) is 33.6 Å². The number of amides is 4. The van der Waals surface area contributed by atoms with E-state index in [-0.39, 0.29) is 23.7 Å². The fraction of sp³-hybridized carbons (Fsp3) is 0.520. The highest BCUT2D eigenvalue weighted by molar-refractivity contribution is 5.88. The van der Waals surface area contributed by atoms with Crippen molar-refractivity contribution in [1.29, 1.82) is 0 Å². The molecule has 2 N–H and O–H groups in total. The summed E-state index contributed by atoms with van der Waals surface area (Å²) in [7, 11) is 2.49. The lowest BCUT2D eigenvalue weighted by molar-refractivity contribution is -0.136. The molecule has 2 saturated heterocycles. The molecule has 0 spiro atoms. The average Bonchev–Trinajstić information content (AvgIpc) is 4.11. The van der Waals surface area contributed by atoms with Gasteiger partial charge >= 0.3 is 24.4 Å². The average molecular weight is 939 g/mol. The summed E-state index contributed by atoms with van der Waals surface area (Å²) in [6.07, 6.45) is 2.98. The Labute approximate surface area is 398 Å². The number of carbonyl (C=O) groups is 6. The van der Waals surface area contributed by atoms with Gasteiger partial charge in [0.2, 0.25) is 11.8 Å². The number of hydrogen-bond donors (Lipinski definition) is 2. The van der Waals surface area contributed by atoms with Crippen LogP contribution in [0.5, 0.6) is 0 Å². The van der Waals surface area contributed by atoms with Gasteiger partial charge in [0.05, 0.1) is 50.1 Å². The fourth-order valence-corrected chi connectivity index (χ4v) is 8.63. The van der Waals surface area contributed by atoms with E-state index >= 15 is 0 Å². The molecular weight excluding hydrogens is 873 g/mol. The molecule has 6 rings (SSSR count). The summed E-state index contributed by atoms with van der Waals surface area (Å²) in [6, 6.07) is 12.5. The maximum atomic E-state index is 14.0. The number of rotatable bonds is 11. The number of imidazole rings is 2. The molecule has 2 aromatic carbocycles. The zero-order valence-electron chi connectivity index (χ0n) is 41.2. The normalized spacial score (nSPS) is 17.2. The van der Waals surface area contributed by atoms with Crippen LogP contribution in [0.4, 0.5) is 19.2 Å². The lowest BCUT2D eigenvalue weighted by Gasteiger charge is -2.31. The van der Waals surface area contributed by atoms with E-state index in [1.54, 1.807) is 63.7 Å². The summed E-state index contributed by atoms with van der Waals surface area (Å²) in [4.78, 5) is 93.3. The van der Waals surface area contributed by atoms with Crippen molar-refractivity contribution in [2.75, 3.05) is 27.3 Å². The van der Waals surface area contributed by atoms with Crippen molar-refractivity contribution in [2.45, 2.75) is 130 Å². The van der Waals surface area contributed by atoms with Gasteiger partial charge < -0.3 is 39.4 Å². The van der Waals surface area contributed by atoms with Gasteiger partial charge in [-0.3, -0.25) is 9.59 Å². The molecule has 4 aromatic rings. The van der Waals surface area contributed by atoms with E-state index in [0.29, 0.717) is 72.9 Å². The van der Waals surface area contributed by atoms with Gasteiger partial charge in [-0.2, -0.15) is 0 Å². The molecule has 18 nitrogen and oxygen atoms in total. The van der Waals surface area contributed by atoms with Crippen molar-refractivity contribution in [1.82, 2.24) is 39.5 Å². The predicted octanol–water partition coefficient (Wildman–Crippen LogP) is 8.74. The Balaban J connectivity index is 1.30. The number of nitrogens with zero attached hydrogens (tertiary/aromatic N) is 6. The number of aromatic nitrogens is 4. The van der Waals surface area contributed by atoms with Gasteiger partial charge in [-0.1, -0.05) is 76.2 Å². The fourth-order valence-electron chi connectivity index (χ4n) is 8.63.